The fourth-order valence-corrected chi connectivity index (χ4v) is 6.64. The number of alkyl carbamates (subject to hydrolysis) is 1. The van der Waals surface area contributed by atoms with Crippen LogP contribution in [0.25, 0.3) is 11.1 Å². The van der Waals surface area contributed by atoms with Gasteiger partial charge in [-0.15, -0.1) is 0 Å². The lowest BCUT2D eigenvalue weighted by molar-refractivity contribution is -0.139. The van der Waals surface area contributed by atoms with Gasteiger partial charge in [0.2, 0.25) is 0 Å². The zero-order valence-corrected chi connectivity index (χ0v) is 25.4. The van der Waals surface area contributed by atoms with Crippen molar-refractivity contribution in [2.24, 2.45) is 0 Å². The highest BCUT2D eigenvalue weighted by Crippen LogP contribution is 2.44. The maximum absolute atomic E-state index is 12.8. The van der Waals surface area contributed by atoms with Crippen LogP contribution in [-0.2, 0) is 22.5 Å². The van der Waals surface area contributed by atoms with Gasteiger partial charge in [-0.2, -0.15) is 0 Å². The molecular weight excluding hydrogens is 606 g/mol. The summed E-state index contributed by atoms with van der Waals surface area (Å²) in [5.74, 6) is -1.21. The molecule has 0 radical (unpaired) electrons. The maximum atomic E-state index is 12.8. The number of nitrogens with zero attached hydrogens (tertiary/aromatic N) is 2. The number of carbonyl (C=O) groups is 2. The van der Waals surface area contributed by atoms with E-state index in [2.05, 4.69) is 67.4 Å². The van der Waals surface area contributed by atoms with E-state index in [1.807, 2.05) is 60.7 Å². The minimum absolute atomic E-state index is 0.0941. The summed E-state index contributed by atoms with van der Waals surface area (Å²) in [6.07, 6.45) is -0.610. The molecule has 6 rings (SSSR count). The lowest BCUT2D eigenvalue weighted by Crippen LogP contribution is -2.46. The summed E-state index contributed by atoms with van der Waals surface area (Å²) in [5.41, 5.74) is 7.70. The predicted octanol–water partition coefficient (Wildman–Crippen LogP) is 6.31. The predicted molar refractivity (Wildman–Crippen MR) is 171 cm³/mol. The molecule has 8 heteroatoms. The third-order valence-corrected chi connectivity index (χ3v) is 9.12. The average Bonchev–Trinajstić information content (AvgIpc) is 3.35. The van der Waals surface area contributed by atoms with Gasteiger partial charge in [0.15, 0.2) is 0 Å². The molecule has 2 aliphatic rings. The number of halogens is 1. The summed E-state index contributed by atoms with van der Waals surface area (Å²) in [6.45, 7) is 4.85. The van der Waals surface area contributed by atoms with E-state index < -0.39 is 18.1 Å². The molecule has 0 spiro atoms. The Morgan fingerprint density at radius 1 is 0.860 bits per heavy atom. The first-order valence-corrected chi connectivity index (χ1v) is 15.4. The molecule has 1 unspecified atom stereocenters. The third kappa shape index (κ3) is 6.60. The highest BCUT2D eigenvalue weighted by Gasteiger charge is 2.30. The van der Waals surface area contributed by atoms with Crippen LogP contribution in [0.3, 0.4) is 0 Å². The Morgan fingerprint density at radius 3 is 2.12 bits per heavy atom. The number of fused-ring (bicyclic) bond motifs is 3. The number of piperazine rings is 1. The second kappa shape index (κ2) is 13.0. The number of aliphatic carboxylic acids is 1. The molecule has 4 aromatic carbocycles. The van der Waals surface area contributed by atoms with Crippen LogP contribution in [0.4, 0.5) is 10.5 Å². The first kappa shape index (κ1) is 29.0. The van der Waals surface area contributed by atoms with E-state index in [1.54, 1.807) is 0 Å². The Labute approximate surface area is 260 Å². The third-order valence-electron chi connectivity index (χ3n) is 8.38. The Morgan fingerprint density at radius 2 is 1.49 bits per heavy atom. The van der Waals surface area contributed by atoms with E-state index in [1.165, 1.54) is 5.56 Å². The number of hydrogen-bond donors (Lipinski definition) is 2. The molecule has 1 fully saturated rings. The molecule has 2 N–H and O–H groups in total. The van der Waals surface area contributed by atoms with Gasteiger partial charge in [-0.25, -0.2) is 9.59 Å². The zero-order valence-electron chi connectivity index (χ0n) is 23.8. The standard InChI is InChI=1S/C35H34BrN3O4/c36-32-21-26(39-18-16-38(17-19-39)22-24-8-2-1-3-9-24)15-14-25(32)20-33(34(40)41)37-35(42)43-23-31-29-12-6-4-10-27(29)28-11-5-7-13-30(28)31/h1-15,21,31,33H,16-20,22-23H2,(H,37,42)(H,40,41). The number of ether oxygens (including phenoxy) is 1. The second-order valence-corrected chi connectivity index (χ2v) is 11.9. The maximum Gasteiger partial charge on any atom is 0.407 e. The molecule has 4 aromatic rings. The molecule has 1 atom stereocenters. The SMILES string of the molecule is O=C(NC(Cc1ccc(N2CCN(Cc3ccccc3)CC2)cc1Br)C(=O)O)OCC1c2ccccc2-c2ccccc21. The summed E-state index contributed by atoms with van der Waals surface area (Å²) in [4.78, 5) is 29.7. The summed E-state index contributed by atoms with van der Waals surface area (Å²) in [6, 6.07) is 31.6. The van der Waals surface area contributed by atoms with Gasteiger partial charge in [-0.05, 0) is 45.5 Å². The quantitative estimate of drug-likeness (QED) is 0.223. The summed E-state index contributed by atoms with van der Waals surface area (Å²) >= 11 is 3.65. The van der Waals surface area contributed by atoms with Crippen LogP contribution < -0.4 is 10.2 Å². The smallest absolute Gasteiger partial charge is 0.407 e. The highest BCUT2D eigenvalue weighted by atomic mass is 79.9. The van der Waals surface area contributed by atoms with Crippen molar-refractivity contribution in [3.8, 4) is 11.1 Å². The van der Waals surface area contributed by atoms with Crippen molar-refractivity contribution < 1.29 is 19.4 Å². The molecule has 1 amide bonds. The van der Waals surface area contributed by atoms with Gasteiger partial charge < -0.3 is 20.1 Å². The van der Waals surface area contributed by atoms with Crippen LogP contribution in [0.2, 0.25) is 0 Å². The van der Waals surface area contributed by atoms with Gasteiger partial charge in [0.05, 0.1) is 0 Å². The van der Waals surface area contributed by atoms with Crippen molar-refractivity contribution in [2.45, 2.75) is 24.9 Å². The molecule has 0 saturated carbocycles. The second-order valence-electron chi connectivity index (χ2n) is 11.1. The van der Waals surface area contributed by atoms with Crippen LogP contribution in [0.15, 0.2) is 102 Å². The molecule has 1 saturated heterocycles. The average molecular weight is 641 g/mol. The number of rotatable bonds is 9. The Kier molecular flexibility index (Phi) is 8.77. The van der Waals surface area contributed by atoms with Crippen molar-refractivity contribution in [3.63, 3.8) is 0 Å². The lowest BCUT2D eigenvalue weighted by atomic mass is 9.98. The minimum Gasteiger partial charge on any atom is -0.480 e. The van der Waals surface area contributed by atoms with Gasteiger partial charge >= 0.3 is 12.1 Å². The van der Waals surface area contributed by atoms with Crippen LogP contribution in [0.5, 0.6) is 0 Å². The van der Waals surface area contributed by atoms with Gasteiger partial charge in [-0.3, -0.25) is 4.90 Å². The van der Waals surface area contributed by atoms with Gasteiger partial charge in [0.1, 0.15) is 12.6 Å². The van der Waals surface area contributed by atoms with E-state index in [0.717, 1.165) is 70.7 Å². The fraction of sp³-hybridized carbons (Fsp3) is 0.257. The van der Waals surface area contributed by atoms with Crippen molar-refractivity contribution >= 4 is 33.7 Å². The van der Waals surface area contributed by atoms with Crippen LogP contribution in [-0.4, -0.2) is 60.9 Å². The van der Waals surface area contributed by atoms with Crippen molar-refractivity contribution in [3.05, 3.63) is 124 Å². The van der Waals surface area contributed by atoms with E-state index in [4.69, 9.17) is 4.74 Å². The van der Waals surface area contributed by atoms with E-state index in [-0.39, 0.29) is 18.9 Å². The molecule has 7 nitrogen and oxygen atoms in total. The number of benzene rings is 4. The van der Waals surface area contributed by atoms with Gasteiger partial charge in [0, 0.05) is 55.2 Å². The lowest BCUT2D eigenvalue weighted by Gasteiger charge is -2.36. The number of anilines is 1. The molecule has 0 aromatic heterocycles. The van der Waals surface area contributed by atoms with Crippen molar-refractivity contribution in [1.29, 1.82) is 0 Å². The van der Waals surface area contributed by atoms with Crippen molar-refractivity contribution in [2.75, 3.05) is 37.7 Å². The van der Waals surface area contributed by atoms with E-state index in [9.17, 15) is 14.7 Å². The molecule has 0 bridgehead atoms. The summed E-state index contributed by atoms with van der Waals surface area (Å²) in [5, 5.41) is 12.5. The topological polar surface area (TPSA) is 82.1 Å². The number of nitrogens with one attached hydrogen (secondary N) is 1. The Balaban J connectivity index is 1.04. The van der Waals surface area contributed by atoms with Crippen molar-refractivity contribution in [1.82, 2.24) is 10.2 Å². The number of carboxylic acid groups (broad SMARTS) is 1. The van der Waals surface area contributed by atoms with Crippen LogP contribution in [0.1, 0.15) is 28.2 Å². The highest BCUT2D eigenvalue weighted by molar-refractivity contribution is 9.10. The molecule has 43 heavy (non-hydrogen) atoms. The van der Waals surface area contributed by atoms with E-state index >= 15 is 0 Å². The number of amides is 1. The Hall–Kier alpha value is -4.14. The minimum atomic E-state index is -1.13. The van der Waals surface area contributed by atoms with E-state index in [0.29, 0.717) is 0 Å². The van der Waals surface area contributed by atoms with Gasteiger partial charge in [-0.1, -0.05) is 101 Å². The molecule has 1 heterocycles. The monoisotopic (exact) mass is 639 g/mol. The first-order valence-electron chi connectivity index (χ1n) is 14.6. The zero-order chi connectivity index (χ0) is 29.8. The van der Waals surface area contributed by atoms with Crippen LogP contribution in [0, 0.1) is 0 Å². The Bertz CT molecular complexity index is 1560. The summed E-state index contributed by atoms with van der Waals surface area (Å²) in [7, 11) is 0. The number of hydrogen-bond acceptors (Lipinski definition) is 5. The fourth-order valence-electron chi connectivity index (χ4n) is 6.11. The normalized spacial score (nSPS) is 15.4. The van der Waals surface area contributed by atoms with Gasteiger partial charge in [0.25, 0.3) is 0 Å². The number of carbonyl (C=O) groups excluding carboxylic acids is 1. The van der Waals surface area contributed by atoms with Crippen LogP contribution >= 0.6 is 15.9 Å². The largest absolute Gasteiger partial charge is 0.480 e. The number of carboxylic acids is 1. The first-order chi connectivity index (χ1) is 21.0. The molecule has 220 valence electrons. The molecule has 1 aliphatic heterocycles. The summed E-state index contributed by atoms with van der Waals surface area (Å²) < 4.78 is 6.41. The molecule has 1 aliphatic carbocycles. The molecular formula is C35H34BrN3O4.